The number of rotatable bonds is 0. The Bertz CT molecular complexity index is 223. The van der Waals surface area contributed by atoms with Gasteiger partial charge in [0.1, 0.15) is 0 Å². The molecule has 0 radical (unpaired) electrons. The topological polar surface area (TPSA) is 18.5 Å². The molecule has 2 aliphatic rings. The lowest BCUT2D eigenvalue weighted by atomic mass is 10.2. The first-order valence-corrected chi connectivity index (χ1v) is 3.33. The third kappa shape index (κ3) is 0.817. The van der Waals surface area contributed by atoms with Crippen molar-refractivity contribution >= 4 is 0 Å². The molecule has 0 unspecified atom stereocenters. The molecule has 0 amide bonds. The number of hydrogen-bond acceptors (Lipinski definition) is 2. The van der Waals surface area contributed by atoms with Crippen LogP contribution in [0.25, 0.3) is 0 Å². The van der Waals surface area contributed by atoms with E-state index < -0.39 is 0 Å². The van der Waals surface area contributed by atoms with Crippen molar-refractivity contribution in [2.24, 2.45) is 0 Å². The Hall–Kier alpha value is -1.18. The highest BCUT2D eigenvalue weighted by Crippen LogP contribution is 2.22. The fourth-order valence-corrected chi connectivity index (χ4v) is 1.01. The van der Waals surface area contributed by atoms with Gasteiger partial charge in [-0.15, -0.1) is 0 Å². The molecule has 0 N–H and O–H groups in total. The second-order valence-electron chi connectivity index (χ2n) is 2.18. The second-order valence-corrected chi connectivity index (χ2v) is 2.18. The molecule has 0 spiro atoms. The zero-order valence-electron chi connectivity index (χ0n) is 5.54. The van der Waals surface area contributed by atoms with Gasteiger partial charge in [0.15, 0.2) is 11.5 Å². The van der Waals surface area contributed by atoms with Crippen molar-refractivity contribution in [3.05, 3.63) is 36.0 Å². The van der Waals surface area contributed by atoms with Gasteiger partial charge in [-0.3, -0.25) is 0 Å². The number of ether oxygens (including phenoxy) is 2. The average molecular weight is 136 g/mol. The molecular formula is C8H8O2. The lowest BCUT2D eigenvalue weighted by Crippen LogP contribution is -2.06. The normalized spacial score (nSPS) is 21.6. The van der Waals surface area contributed by atoms with Crippen LogP contribution in [0.15, 0.2) is 36.0 Å². The minimum Gasteiger partial charge on any atom is -0.489 e. The quantitative estimate of drug-likeness (QED) is 0.504. The molecule has 2 heteroatoms. The number of allylic oxidation sites excluding steroid dienone is 2. The largest absolute Gasteiger partial charge is 0.489 e. The SMILES string of the molecule is C1=COC2=CCCOC2=C1. The Balaban J connectivity index is 2.32. The van der Waals surface area contributed by atoms with E-state index >= 15 is 0 Å². The van der Waals surface area contributed by atoms with Crippen LogP contribution in [0.5, 0.6) is 0 Å². The molecule has 2 nitrogen and oxygen atoms in total. The van der Waals surface area contributed by atoms with Crippen molar-refractivity contribution in [1.82, 2.24) is 0 Å². The Labute approximate surface area is 59.4 Å². The van der Waals surface area contributed by atoms with E-state index in [0.717, 1.165) is 24.5 Å². The van der Waals surface area contributed by atoms with Gasteiger partial charge in [-0.25, -0.2) is 0 Å². The minimum atomic E-state index is 0.770. The molecule has 2 rings (SSSR count). The van der Waals surface area contributed by atoms with Crippen molar-refractivity contribution < 1.29 is 9.47 Å². The van der Waals surface area contributed by atoms with Crippen molar-refractivity contribution in [3.8, 4) is 0 Å². The van der Waals surface area contributed by atoms with E-state index in [1.165, 1.54) is 0 Å². The molecule has 0 aromatic rings. The van der Waals surface area contributed by atoms with E-state index in [2.05, 4.69) is 0 Å². The summed E-state index contributed by atoms with van der Waals surface area (Å²) < 4.78 is 10.5. The monoisotopic (exact) mass is 136 g/mol. The molecule has 0 aliphatic carbocycles. The van der Waals surface area contributed by atoms with Gasteiger partial charge in [0.25, 0.3) is 0 Å². The van der Waals surface area contributed by atoms with Gasteiger partial charge < -0.3 is 9.47 Å². The smallest absolute Gasteiger partial charge is 0.164 e. The summed E-state index contributed by atoms with van der Waals surface area (Å²) in [5.41, 5.74) is 0. The first kappa shape index (κ1) is 5.59. The van der Waals surface area contributed by atoms with E-state index in [9.17, 15) is 0 Å². The summed E-state index contributed by atoms with van der Waals surface area (Å²) in [5.74, 6) is 1.71. The summed E-state index contributed by atoms with van der Waals surface area (Å²) in [6.45, 7) is 0.770. The average Bonchev–Trinajstić information content (AvgIpc) is 2.05. The summed E-state index contributed by atoms with van der Waals surface area (Å²) in [6.07, 6.45) is 8.38. The third-order valence-electron chi connectivity index (χ3n) is 1.47. The van der Waals surface area contributed by atoms with Crippen LogP contribution < -0.4 is 0 Å². The first-order valence-electron chi connectivity index (χ1n) is 3.33. The maximum absolute atomic E-state index is 5.30. The Morgan fingerprint density at radius 2 is 2.30 bits per heavy atom. The molecule has 0 aromatic carbocycles. The van der Waals surface area contributed by atoms with Crippen LogP contribution in [0.1, 0.15) is 6.42 Å². The molecule has 10 heavy (non-hydrogen) atoms. The zero-order chi connectivity index (χ0) is 6.81. The molecule has 0 saturated carbocycles. The molecule has 0 atom stereocenters. The van der Waals surface area contributed by atoms with Gasteiger partial charge in [0.2, 0.25) is 0 Å². The van der Waals surface area contributed by atoms with E-state index in [1.54, 1.807) is 6.26 Å². The van der Waals surface area contributed by atoms with Crippen LogP contribution in [-0.4, -0.2) is 6.61 Å². The van der Waals surface area contributed by atoms with Crippen molar-refractivity contribution in [2.45, 2.75) is 6.42 Å². The number of hydrogen-bond donors (Lipinski definition) is 0. The Morgan fingerprint density at radius 3 is 3.20 bits per heavy atom. The highest BCUT2D eigenvalue weighted by Gasteiger charge is 2.12. The Kier molecular flexibility index (Phi) is 1.24. The van der Waals surface area contributed by atoms with E-state index in [1.807, 2.05) is 18.2 Å². The lowest BCUT2D eigenvalue weighted by Gasteiger charge is -2.18. The van der Waals surface area contributed by atoms with Gasteiger partial charge in [-0.2, -0.15) is 0 Å². The predicted molar refractivity (Wildman–Crippen MR) is 37.0 cm³/mol. The summed E-state index contributed by atoms with van der Waals surface area (Å²) in [7, 11) is 0. The summed E-state index contributed by atoms with van der Waals surface area (Å²) in [6, 6.07) is 0. The van der Waals surface area contributed by atoms with Gasteiger partial charge in [-0.1, -0.05) is 0 Å². The van der Waals surface area contributed by atoms with E-state index in [-0.39, 0.29) is 0 Å². The Morgan fingerprint density at radius 1 is 1.30 bits per heavy atom. The van der Waals surface area contributed by atoms with Gasteiger partial charge >= 0.3 is 0 Å². The van der Waals surface area contributed by atoms with Crippen LogP contribution in [0.2, 0.25) is 0 Å². The van der Waals surface area contributed by atoms with E-state index in [0.29, 0.717) is 0 Å². The van der Waals surface area contributed by atoms with Crippen molar-refractivity contribution in [1.29, 1.82) is 0 Å². The summed E-state index contributed by atoms with van der Waals surface area (Å²) in [5, 5.41) is 0. The molecule has 0 saturated heterocycles. The second kappa shape index (κ2) is 2.21. The maximum atomic E-state index is 5.30. The van der Waals surface area contributed by atoms with Crippen LogP contribution in [-0.2, 0) is 9.47 Å². The standard InChI is InChI=1S/C8H8O2/c1-3-7-8(9-5-1)4-2-6-10-7/h1,3-5H,2,6H2. The van der Waals surface area contributed by atoms with E-state index in [4.69, 9.17) is 9.47 Å². The molecule has 0 bridgehead atoms. The van der Waals surface area contributed by atoms with Crippen molar-refractivity contribution in [2.75, 3.05) is 6.61 Å². The first-order chi connectivity index (χ1) is 4.97. The summed E-state index contributed by atoms with van der Waals surface area (Å²) in [4.78, 5) is 0. The predicted octanol–water partition coefficient (Wildman–Crippen LogP) is 1.72. The minimum absolute atomic E-state index is 0.770. The van der Waals surface area contributed by atoms with Crippen LogP contribution in [0.3, 0.4) is 0 Å². The fourth-order valence-electron chi connectivity index (χ4n) is 1.01. The maximum Gasteiger partial charge on any atom is 0.164 e. The van der Waals surface area contributed by atoms with Crippen LogP contribution in [0, 0.1) is 0 Å². The molecule has 2 heterocycles. The van der Waals surface area contributed by atoms with Crippen LogP contribution >= 0.6 is 0 Å². The van der Waals surface area contributed by atoms with Gasteiger partial charge in [0.05, 0.1) is 12.9 Å². The van der Waals surface area contributed by atoms with Crippen LogP contribution in [0.4, 0.5) is 0 Å². The highest BCUT2D eigenvalue weighted by molar-refractivity contribution is 5.29. The number of fused-ring (bicyclic) bond motifs is 1. The van der Waals surface area contributed by atoms with Crippen molar-refractivity contribution in [3.63, 3.8) is 0 Å². The lowest BCUT2D eigenvalue weighted by molar-refractivity contribution is 0.172. The molecule has 0 fully saturated rings. The highest BCUT2D eigenvalue weighted by atomic mass is 16.5. The molecule has 2 aliphatic heterocycles. The zero-order valence-corrected chi connectivity index (χ0v) is 5.54. The molecule has 52 valence electrons. The fraction of sp³-hybridized carbons (Fsp3) is 0.250. The third-order valence-corrected chi connectivity index (χ3v) is 1.47. The van der Waals surface area contributed by atoms with Gasteiger partial charge in [-0.05, 0) is 18.2 Å². The summed E-state index contributed by atoms with van der Waals surface area (Å²) >= 11 is 0. The molecule has 0 aromatic heterocycles. The van der Waals surface area contributed by atoms with Gasteiger partial charge in [0, 0.05) is 6.42 Å². The molecular weight excluding hydrogens is 128 g/mol.